The lowest BCUT2D eigenvalue weighted by molar-refractivity contribution is -0.142. The molecule has 0 saturated heterocycles. The first-order chi connectivity index (χ1) is 14.2. The molecule has 0 aliphatic heterocycles. The van der Waals surface area contributed by atoms with Crippen LogP contribution in [0, 0.1) is 23.7 Å². The topological polar surface area (TPSA) is 144 Å². The van der Waals surface area contributed by atoms with Crippen molar-refractivity contribution in [2.24, 2.45) is 29.4 Å². The van der Waals surface area contributed by atoms with Crippen LogP contribution in [-0.2, 0) is 28.8 Å². The van der Waals surface area contributed by atoms with Gasteiger partial charge in [0, 0.05) is 25.9 Å². The van der Waals surface area contributed by atoms with E-state index in [0.29, 0.717) is 38.5 Å². The molecule has 0 aromatic rings. The second kappa shape index (κ2) is 9.06. The molecule has 3 saturated carbocycles. The molecule has 0 spiro atoms. The summed E-state index contributed by atoms with van der Waals surface area (Å²) >= 11 is 0. The number of ketones is 3. The molecular weight excluding hydrogens is 390 g/mol. The molecule has 3 N–H and O–H groups in total. The third-order valence-corrected chi connectivity index (χ3v) is 6.68. The molecule has 3 aliphatic rings. The first-order valence-electron chi connectivity index (χ1n) is 10.7. The molecular formula is C21H29N3O6. The number of amides is 3. The molecule has 164 valence electrons. The van der Waals surface area contributed by atoms with Crippen LogP contribution in [-0.4, -0.2) is 59.6 Å². The molecule has 0 aromatic heterocycles. The lowest BCUT2D eigenvalue weighted by Crippen LogP contribution is -2.46. The molecule has 0 bridgehead atoms. The molecule has 3 aliphatic carbocycles. The molecule has 0 radical (unpaired) electrons. The van der Waals surface area contributed by atoms with Crippen LogP contribution in [0.1, 0.15) is 51.4 Å². The number of hydrogen-bond donors (Lipinski definition) is 2. The van der Waals surface area contributed by atoms with E-state index in [1.54, 1.807) is 0 Å². The van der Waals surface area contributed by atoms with Crippen LogP contribution in [0.5, 0.6) is 0 Å². The highest BCUT2D eigenvalue weighted by Gasteiger charge is 2.43. The van der Waals surface area contributed by atoms with Gasteiger partial charge in [-0.3, -0.25) is 28.8 Å². The summed E-state index contributed by atoms with van der Waals surface area (Å²) in [5.41, 5.74) is 5.24. The average Bonchev–Trinajstić information content (AvgIpc) is 3.24. The van der Waals surface area contributed by atoms with Gasteiger partial charge >= 0.3 is 0 Å². The summed E-state index contributed by atoms with van der Waals surface area (Å²) in [6.07, 6.45) is 4.02. The Balaban J connectivity index is 1.54. The van der Waals surface area contributed by atoms with Crippen molar-refractivity contribution in [2.45, 2.75) is 57.4 Å². The summed E-state index contributed by atoms with van der Waals surface area (Å²) in [6.45, 7) is 0.138. The van der Waals surface area contributed by atoms with Crippen LogP contribution in [0.2, 0.25) is 0 Å². The largest absolute Gasteiger partial charge is 0.369 e. The van der Waals surface area contributed by atoms with Crippen LogP contribution in [0.4, 0.5) is 0 Å². The van der Waals surface area contributed by atoms with Crippen molar-refractivity contribution >= 4 is 35.1 Å². The monoisotopic (exact) mass is 419 g/mol. The molecule has 9 heteroatoms. The lowest BCUT2D eigenvalue weighted by atomic mass is 9.87. The van der Waals surface area contributed by atoms with Crippen molar-refractivity contribution in [3.05, 3.63) is 0 Å². The third-order valence-electron chi connectivity index (χ3n) is 6.68. The Labute approximate surface area is 175 Å². The van der Waals surface area contributed by atoms with Gasteiger partial charge in [0.05, 0.1) is 23.8 Å². The van der Waals surface area contributed by atoms with Gasteiger partial charge in [-0.1, -0.05) is 6.42 Å². The Morgan fingerprint density at radius 3 is 2.27 bits per heavy atom. The van der Waals surface area contributed by atoms with Gasteiger partial charge in [-0.25, -0.2) is 0 Å². The van der Waals surface area contributed by atoms with Crippen LogP contribution in [0.15, 0.2) is 0 Å². The van der Waals surface area contributed by atoms with Gasteiger partial charge < -0.3 is 16.0 Å². The van der Waals surface area contributed by atoms with Crippen molar-refractivity contribution in [1.82, 2.24) is 10.2 Å². The number of carbonyl (C=O) groups is 6. The Morgan fingerprint density at radius 1 is 0.933 bits per heavy atom. The van der Waals surface area contributed by atoms with Gasteiger partial charge in [0.2, 0.25) is 17.7 Å². The number of Topliss-reactive ketones (excluding diaryl/α,β-unsaturated/α-hetero) is 3. The van der Waals surface area contributed by atoms with Crippen molar-refractivity contribution in [3.8, 4) is 0 Å². The third kappa shape index (κ3) is 4.44. The number of carbonyl (C=O) groups excluding carboxylic acids is 6. The predicted molar refractivity (Wildman–Crippen MR) is 105 cm³/mol. The van der Waals surface area contributed by atoms with E-state index in [4.69, 9.17) is 5.73 Å². The summed E-state index contributed by atoms with van der Waals surface area (Å²) in [5.74, 6) is -4.96. The van der Waals surface area contributed by atoms with Crippen molar-refractivity contribution in [1.29, 1.82) is 0 Å². The minimum Gasteiger partial charge on any atom is -0.369 e. The first kappa shape index (κ1) is 22.1. The summed E-state index contributed by atoms with van der Waals surface area (Å²) < 4.78 is 0. The van der Waals surface area contributed by atoms with Gasteiger partial charge in [-0.05, 0) is 38.5 Å². The zero-order chi connectivity index (χ0) is 22.0. The summed E-state index contributed by atoms with van der Waals surface area (Å²) in [6, 6.07) is -0.762. The van der Waals surface area contributed by atoms with E-state index in [-0.39, 0.29) is 29.8 Å². The van der Waals surface area contributed by atoms with Gasteiger partial charge in [0.1, 0.15) is 11.6 Å². The molecule has 0 heterocycles. The standard InChI is InChI=1S/C21H29N3O6/c1-24(10-11-6-7-13(17(11)26)19(22)28)21(30)14-8-9-15(18(14)27)23-20(29)12-4-2-3-5-16(12)25/h11-15H,2-10H2,1H3,(H2,22,28)(H,23,29). The molecule has 3 fully saturated rings. The normalized spacial score (nSPS) is 31.6. The van der Waals surface area contributed by atoms with Gasteiger partial charge in [0.25, 0.3) is 0 Å². The van der Waals surface area contributed by atoms with Gasteiger partial charge in [-0.2, -0.15) is 0 Å². The molecule has 3 amide bonds. The number of hydrogen-bond acceptors (Lipinski definition) is 6. The van der Waals surface area contributed by atoms with Crippen LogP contribution < -0.4 is 11.1 Å². The average molecular weight is 419 g/mol. The Bertz CT molecular complexity index is 779. The minimum absolute atomic E-state index is 0.0907. The molecule has 5 unspecified atom stereocenters. The second-order valence-electron chi connectivity index (χ2n) is 8.71. The van der Waals surface area contributed by atoms with E-state index >= 15 is 0 Å². The summed E-state index contributed by atoms with van der Waals surface area (Å²) in [5, 5.41) is 2.67. The minimum atomic E-state index is -0.870. The second-order valence-corrected chi connectivity index (χ2v) is 8.71. The maximum atomic E-state index is 12.8. The number of primary amides is 1. The van der Waals surface area contributed by atoms with Gasteiger partial charge in [0.15, 0.2) is 5.78 Å². The maximum Gasteiger partial charge on any atom is 0.232 e. The number of nitrogens with two attached hydrogens (primary N) is 1. The zero-order valence-electron chi connectivity index (χ0n) is 17.2. The Hall–Kier alpha value is -2.58. The summed E-state index contributed by atoms with van der Waals surface area (Å²) in [7, 11) is 1.53. The predicted octanol–water partition coefficient (Wildman–Crippen LogP) is -0.251. The smallest absolute Gasteiger partial charge is 0.232 e. The SMILES string of the molecule is CN(CC1CCC(C(N)=O)C1=O)C(=O)C1CCC(NC(=O)C2CCCCC2=O)C1=O. The maximum absolute atomic E-state index is 12.8. The quantitative estimate of drug-likeness (QED) is 0.568. The molecule has 3 rings (SSSR count). The van der Waals surface area contributed by atoms with Crippen LogP contribution in [0.25, 0.3) is 0 Å². The van der Waals surface area contributed by atoms with Crippen LogP contribution >= 0.6 is 0 Å². The molecule has 0 aromatic carbocycles. The Morgan fingerprint density at radius 2 is 1.63 bits per heavy atom. The van der Waals surface area contributed by atoms with E-state index in [1.807, 2.05) is 0 Å². The molecule has 30 heavy (non-hydrogen) atoms. The highest BCUT2D eigenvalue weighted by atomic mass is 16.2. The fraction of sp³-hybridized carbons (Fsp3) is 0.714. The van der Waals surface area contributed by atoms with Gasteiger partial charge in [-0.15, -0.1) is 0 Å². The highest BCUT2D eigenvalue weighted by molar-refractivity contribution is 6.08. The number of nitrogens with one attached hydrogen (secondary N) is 1. The van der Waals surface area contributed by atoms with E-state index in [0.717, 1.165) is 12.8 Å². The van der Waals surface area contributed by atoms with E-state index in [1.165, 1.54) is 11.9 Å². The van der Waals surface area contributed by atoms with E-state index in [2.05, 4.69) is 5.32 Å². The summed E-state index contributed by atoms with van der Waals surface area (Å²) in [4.78, 5) is 74.8. The molecule has 5 atom stereocenters. The van der Waals surface area contributed by atoms with Crippen LogP contribution in [0.3, 0.4) is 0 Å². The number of rotatable bonds is 6. The highest BCUT2D eigenvalue weighted by Crippen LogP contribution is 2.30. The fourth-order valence-corrected chi connectivity index (χ4v) is 4.87. The van der Waals surface area contributed by atoms with E-state index in [9.17, 15) is 28.8 Å². The van der Waals surface area contributed by atoms with Crippen molar-refractivity contribution < 1.29 is 28.8 Å². The number of nitrogens with zero attached hydrogens (tertiary/aromatic N) is 1. The molecule has 9 nitrogen and oxygen atoms in total. The van der Waals surface area contributed by atoms with E-state index < -0.39 is 41.5 Å². The Kier molecular flexibility index (Phi) is 6.67. The van der Waals surface area contributed by atoms with Crippen molar-refractivity contribution in [2.75, 3.05) is 13.6 Å². The zero-order valence-corrected chi connectivity index (χ0v) is 17.2. The first-order valence-corrected chi connectivity index (χ1v) is 10.7. The van der Waals surface area contributed by atoms with Crippen molar-refractivity contribution in [3.63, 3.8) is 0 Å². The fourth-order valence-electron chi connectivity index (χ4n) is 4.87. The lowest BCUT2D eigenvalue weighted by Gasteiger charge is -2.24.